The van der Waals surface area contributed by atoms with E-state index in [0.717, 1.165) is 17.5 Å². The van der Waals surface area contributed by atoms with Gasteiger partial charge in [-0.15, -0.1) is 0 Å². The summed E-state index contributed by atoms with van der Waals surface area (Å²) in [5.74, 6) is 1.71. The van der Waals surface area contributed by atoms with Crippen LogP contribution in [0.1, 0.15) is 45.4 Å². The average molecular weight is 211 g/mol. The van der Waals surface area contributed by atoms with Crippen molar-refractivity contribution in [1.82, 2.24) is 9.36 Å². The van der Waals surface area contributed by atoms with E-state index in [2.05, 4.69) is 35.4 Å². The van der Waals surface area contributed by atoms with E-state index in [1.54, 1.807) is 0 Å². The van der Waals surface area contributed by atoms with Gasteiger partial charge in [0.25, 0.3) is 0 Å². The fourth-order valence-electron chi connectivity index (χ4n) is 1.15. The highest BCUT2D eigenvalue weighted by Crippen LogP contribution is 2.39. The van der Waals surface area contributed by atoms with Crippen LogP contribution in [0, 0.1) is 5.41 Å². The third-order valence-corrected chi connectivity index (χ3v) is 2.84. The Morgan fingerprint density at radius 3 is 2.71 bits per heavy atom. The summed E-state index contributed by atoms with van der Waals surface area (Å²) < 4.78 is 4.35. The van der Waals surface area contributed by atoms with Crippen LogP contribution in [0.5, 0.6) is 0 Å². The summed E-state index contributed by atoms with van der Waals surface area (Å²) in [4.78, 5) is 4.47. The first kappa shape index (κ1) is 9.90. The van der Waals surface area contributed by atoms with Gasteiger partial charge in [-0.2, -0.15) is 4.37 Å². The zero-order valence-corrected chi connectivity index (χ0v) is 9.82. The minimum Gasteiger partial charge on any atom is -0.360 e. The number of aromatic nitrogens is 2. The first-order chi connectivity index (χ1) is 6.54. The van der Waals surface area contributed by atoms with Crippen molar-refractivity contribution in [3.63, 3.8) is 0 Å². The van der Waals surface area contributed by atoms with E-state index in [0.29, 0.717) is 11.3 Å². The predicted molar refractivity (Wildman–Crippen MR) is 59.8 cm³/mol. The summed E-state index contributed by atoms with van der Waals surface area (Å²) in [6, 6.07) is 0. The summed E-state index contributed by atoms with van der Waals surface area (Å²) in [6.07, 6.45) is 2.55. The molecule has 1 saturated carbocycles. The van der Waals surface area contributed by atoms with Gasteiger partial charge < -0.3 is 5.32 Å². The second-order valence-corrected chi connectivity index (χ2v) is 5.90. The van der Waals surface area contributed by atoms with E-state index in [9.17, 15) is 0 Å². The van der Waals surface area contributed by atoms with Gasteiger partial charge >= 0.3 is 0 Å². The van der Waals surface area contributed by atoms with Crippen molar-refractivity contribution >= 4 is 16.7 Å². The van der Waals surface area contributed by atoms with Gasteiger partial charge in [-0.3, -0.25) is 0 Å². The molecule has 2 rings (SSSR count). The molecule has 1 aromatic rings. The molecule has 1 aliphatic rings. The van der Waals surface area contributed by atoms with Crippen LogP contribution in [-0.4, -0.2) is 15.9 Å². The molecule has 1 aromatic heterocycles. The van der Waals surface area contributed by atoms with Crippen molar-refractivity contribution < 1.29 is 0 Å². The second kappa shape index (κ2) is 3.50. The Morgan fingerprint density at radius 2 is 2.14 bits per heavy atom. The molecule has 14 heavy (non-hydrogen) atoms. The van der Waals surface area contributed by atoms with E-state index in [4.69, 9.17) is 0 Å². The van der Waals surface area contributed by atoms with Gasteiger partial charge in [0.05, 0.1) is 0 Å². The lowest BCUT2D eigenvalue weighted by Gasteiger charge is -2.17. The molecule has 1 N–H and O–H groups in total. The maximum absolute atomic E-state index is 4.47. The molecule has 78 valence electrons. The van der Waals surface area contributed by atoms with Crippen molar-refractivity contribution in [2.45, 2.75) is 39.5 Å². The fourth-order valence-corrected chi connectivity index (χ4v) is 1.80. The summed E-state index contributed by atoms with van der Waals surface area (Å²) in [5, 5.41) is 4.31. The van der Waals surface area contributed by atoms with Gasteiger partial charge in [0, 0.05) is 24.0 Å². The van der Waals surface area contributed by atoms with Gasteiger partial charge in [-0.05, 0) is 18.3 Å². The number of rotatable bonds is 3. The minimum atomic E-state index is 0.297. The van der Waals surface area contributed by atoms with Crippen molar-refractivity contribution in [3.8, 4) is 0 Å². The molecule has 4 heteroatoms. The molecule has 1 heterocycles. The fraction of sp³-hybridized carbons (Fsp3) is 0.800. The third-order valence-electron chi connectivity index (χ3n) is 2.15. The van der Waals surface area contributed by atoms with Crippen LogP contribution < -0.4 is 5.32 Å². The molecule has 3 nitrogen and oxygen atoms in total. The largest absolute Gasteiger partial charge is 0.360 e. The van der Waals surface area contributed by atoms with Crippen LogP contribution in [0.4, 0.5) is 5.13 Å². The molecule has 1 fully saturated rings. The van der Waals surface area contributed by atoms with E-state index in [-0.39, 0.29) is 0 Å². The van der Waals surface area contributed by atoms with E-state index in [1.165, 1.54) is 24.4 Å². The summed E-state index contributed by atoms with van der Waals surface area (Å²) in [6.45, 7) is 7.58. The molecule has 0 spiro atoms. The highest BCUT2D eigenvalue weighted by molar-refractivity contribution is 7.09. The van der Waals surface area contributed by atoms with Crippen molar-refractivity contribution in [3.05, 3.63) is 5.82 Å². The van der Waals surface area contributed by atoms with Crippen LogP contribution >= 0.6 is 11.5 Å². The molecule has 0 saturated heterocycles. The Kier molecular flexibility index (Phi) is 2.47. The topological polar surface area (TPSA) is 37.8 Å². The maximum atomic E-state index is 4.47. The first-order valence-corrected chi connectivity index (χ1v) is 5.89. The molecule has 0 unspecified atom stereocenters. The van der Waals surface area contributed by atoms with Crippen LogP contribution in [0.25, 0.3) is 0 Å². The number of anilines is 1. The second-order valence-electron chi connectivity index (χ2n) is 5.15. The van der Waals surface area contributed by atoms with Crippen LogP contribution in [0.3, 0.4) is 0 Å². The highest BCUT2D eigenvalue weighted by atomic mass is 32.1. The Labute approximate surface area is 89.1 Å². The highest BCUT2D eigenvalue weighted by Gasteiger charge is 2.27. The van der Waals surface area contributed by atoms with Crippen LogP contribution in [0.2, 0.25) is 0 Å². The summed E-state index contributed by atoms with van der Waals surface area (Å²) >= 11 is 1.49. The molecule has 0 amide bonds. The minimum absolute atomic E-state index is 0.297. The number of nitrogens with zero attached hydrogens (tertiary/aromatic N) is 2. The lowest BCUT2D eigenvalue weighted by molar-refractivity contribution is 0.443. The Balaban J connectivity index is 1.90. The van der Waals surface area contributed by atoms with Crippen molar-refractivity contribution in [2.24, 2.45) is 5.41 Å². The maximum Gasteiger partial charge on any atom is 0.202 e. The summed E-state index contributed by atoms with van der Waals surface area (Å²) in [5.41, 5.74) is 0.297. The standard InChI is InChI=1S/C10H17N3S/c1-10(2,3)6-11-9-12-8(13-14-9)7-4-5-7/h7H,4-6H2,1-3H3,(H,11,12,13). The monoisotopic (exact) mass is 211 g/mol. The molecule has 0 aromatic carbocycles. The molecule has 1 aliphatic carbocycles. The smallest absolute Gasteiger partial charge is 0.202 e. The molecule has 0 radical (unpaired) electrons. The Morgan fingerprint density at radius 1 is 1.43 bits per heavy atom. The predicted octanol–water partition coefficient (Wildman–Crippen LogP) is 2.87. The number of hydrogen-bond acceptors (Lipinski definition) is 4. The zero-order valence-electron chi connectivity index (χ0n) is 9.00. The normalized spacial score (nSPS) is 17.1. The third kappa shape index (κ3) is 2.67. The van der Waals surface area contributed by atoms with Gasteiger partial charge in [-0.1, -0.05) is 20.8 Å². The quantitative estimate of drug-likeness (QED) is 0.835. The first-order valence-electron chi connectivity index (χ1n) is 5.12. The van der Waals surface area contributed by atoms with E-state index in [1.807, 2.05) is 0 Å². The van der Waals surface area contributed by atoms with Crippen LogP contribution in [-0.2, 0) is 0 Å². The average Bonchev–Trinajstić information content (AvgIpc) is 2.81. The number of hydrogen-bond donors (Lipinski definition) is 1. The van der Waals surface area contributed by atoms with Crippen molar-refractivity contribution in [1.29, 1.82) is 0 Å². The van der Waals surface area contributed by atoms with Crippen molar-refractivity contribution in [2.75, 3.05) is 11.9 Å². The lowest BCUT2D eigenvalue weighted by atomic mass is 9.97. The van der Waals surface area contributed by atoms with Gasteiger partial charge in [0.15, 0.2) is 0 Å². The summed E-state index contributed by atoms with van der Waals surface area (Å²) in [7, 11) is 0. The molecule has 0 aliphatic heterocycles. The molecular formula is C10H17N3S. The SMILES string of the molecule is CC(C)(C)CNc1nc(C2CC2)ns1. The van der Waals surface area contributed by atoms with Crippen LogP contribution in [0.15, 0.2) is 0 Å². The van der Waals surface area contributed by atoms with Gasteiger partial charge in [0.1, 0.15) is 5.82 Å². The van der Waals surface area contributed by atoms with Gasteiger partial charge in [0.2, 0.25) is 5.13 Å². The lowest BCUT2D eigenvalue weighted by Crippen LogP contribution is -2.18. The zero-order chi connectivity index (χ0) is 10.2. The van der Waals surface area contributed by atoms with E-state index < -0.39 is 0 Å². The molecule has 0 bridgehead atoms. The Bertz CT molecular complexity index is 309. The molecular weight excluding hydrogens is 194 g/mol. The van der Waals surface area contributed by atoms with E-state index >= 15 is 0 Å². The number of nitrogens with one attached hydrogen (secondary N) is 1. The Hall–Kier alpha value is -0.640. The van der Waals surface area contributed by atoms with Gasteiger partial charge in [-0.25, -0.2) is 4.98 Å². The molecule has 0 atom stereocenters.